The van der Waals surface area contributed by atoms with E-state index in [1.54, 1.807) is 0 Å². The average Bonchev–Trinajstić information content (AvgIpc) is 2.27. The van der Waals surface area contributed by atoms with E-state index >= 15 is 0 Å². The Morgan fingerprint density at radius 2 is 2.12 bits per heavy atom. The van der Waals surface area contributed by atoms with E-state index < -0.39 is 5.97 Å². The second-order valence-corrected chi connectivity index (χ2v) is 4.63. The Balaban J connectivity index is 2.70. The molecule has 4 heteroatoms. The Hall–Kier alpha value is -1.06. The van der Waals surface area contributed by atoms with E-state index in [4.69, 9.17) is 22.4 Å². The first-order chi connectivity index (χ1) is 8.04. The molecule has 0 amide bonds. The predicted octanol–water partition coefficient (Wildman–Crippen LogP) is 2.71. The normalized spacial score (nSPS) is 14.3. The Kier molecular flexibility index (Phi) is 5.45. The minimum absolute atomic E-state index is 0.00294. The topological polar surface area (TPSA) is 63.3 Å². The summed E-state index contributed by atoms with van der Waals surface area (Å²) < 4.78 is 0. The van der Waals surface area contributed by atoms with Gasteiger partial charge in [0.25, 0.3) is 0 Å². The molecule has 1 rings (SSSR count). The highest BCUT2D eigenvalue weighted by Crippen LogP contribution is 2.22. The van der Waals surface area contributed by atoms with Crippen molar-refractivity contribution in [3.05, 3.63) is 34.9 Å². The van der Waals surface area contributed by atoms with Crippen LogP contribution in [-0.4, -0.2) is 17.1 Å². The fourth-order valence-corrected chi connectivity index (χ4v) is 2.13. The molecule has 0 fully saturated rings. The van der Waals surface area contributed by atoms with Gasteiger partial charge in [0, 0.05) is 11.1 Å². The highest BCUT2D eigenvalue weighted by atomic mass is 35.5. The van der Waals surface area contributed by atoms with Gasteiger partial charge in [-0.2, -0.15) is 0 Å². The molecule has 17 heavy (non-hydrogen) atoms. The molecular weight excluding hydrogens is 238 g/mol. The molecule has 0 radical (unpaired) electrons. The summed E-state index contributed by atoms with van der Waals surface area (Å²) >= 11 is 6.08. The van der Waals surface area contributed by atoms with E-state index in [0.29, 0.717) is 5.02 Å². The van der Waals surface area contributed by atoms with Crippen LogP contribution in [0.15, 0.2) is 24.3 Å². The summed E-state index contributed by atoms with van der Waals surface area (Å²) in [4.78, 5) is 10.6. The summed E-state index contributed by atoms with van der Waals surface area (Å²) in [6.07, 6.45) is 1.58. The van der Waals surface area contributed by atoms with Gasteiger partial charge in [0.05, 0.1) is 6.42 Å². The molecule has 1 aromatic rings. The van der Waals surface area contributed by atoms with Crippen LogP contribution in [0.1, 0.15) is 25.3 Å². The molecule has 0 heterocycles. The van der Waals surface area contributed by atoms with Crippen molar-refractivity contribution >= 4 is 17.6 Å². The molecule has 1 aromatic carbocycles. The van der Waals surface area contributed by atoms with Crippen LogP contribution in [0.25, 0.3) is 0 Å². The number of carbonyl (C=O) groups is 1. The summed E-state index contributed by atoms with van der Waals surface area (Å²) in [7, 11) is 0. The first-order valence-electron chi connectivity index (χ1n) is 5.75. The quantitative estimate of drug-likeness (QED) is 0.822. The van der Waals surface area contributed by atoms with Gasteiger partial charge in [0.15, 0.2) is 0 Å². The van der Waals surface area contributed by atoms with Gasteiger partial charge < -0.3 is 10.8 Å². The van der Waals surface area contributed by atoms with E-state index in [9.17, 15) is 4.79 Å². The van der Waals surface area contributed by atoms with Crippen molar-refractivity contribution < 1.29 is 9.90 Å². The van der Waals surface area contributed by atoms with Gasteiger partial charge >= 0.3 is 5.97 Å². The van der Waals surface area contributed by atoms with Crippen LogP contribution in [0, 0.1) is 5.92 Å². The minimum atomic E-state index is -0.852. The van der Waals surface area contributed by atoms with Gasteiger partial charge in [0.2, 0.25) is 0 Å². The Labute approximate surface area is 107 Å². The summed E-state index contributed by atoms with van der Waals surface area (Å²) in [5, 5.41) is 9.46. The fraction of sp³-hybridized carbons (Fsp3) is 0.462. The molecule has 2 atom stereocenters. The van der Waals surface area contributed by atoms with Crippen molar-refractivity contribution in [3.63, 3.8) is 0 Å². The highest BCUT2D eigenvalue weighted by Gasteiger charge is 2.19. The van der Waals surface area contributed by atoms with E-state index in [0.717, 1.165) is 18.4 Å². The Morgan fingerprint density at radius 3 is 2.65 bits per heavy atom. The number of carboxylic acids is 1. The lowest BCUT2D eigenvalue weighted by Gasteiger charge is -2.21. The van der Waals surface area contributed by atoms with E-state index in [2.05, 4.69) is 0 Å². The zero-order valence-corrected chi connectivity index (χ0v) is 10.7. The predicted molar refractivity (Wildman–Crippen MR) is 69.2 cm³/mol. The standard InChI is InChI=1S/C13H18ClNO2/c1-2-9(12(15)8-13(16)17)7-10-5-3-4-6-11(10)14/h3-6,9,12H,2,7-8,15H2,1H3,(H,16,17). The van der Waals surface area contributed by atoms with Crippen LogP contribution in [-0.2, 0) is 11.2 Å². The third-order valence-corrected chi connectivity index (χ3v) is 3.35. The number of rotatable bonds is 6. The van der Waals surface area contributed by atoms with Crippen molar-refractivity contribution in [1.29, 1.82) is 0 Å². The van der Waals surface area contributed by atoms with Crippen molar-refractivity contribution in [3.8, 4) is 0 Å². The molecule has 0 bridgehead atoms. The van der Waals surface area contributed by atoms with Crippen LogP contribution in [0.5, 0.6) is 0 Å². The number of benzene rings is 1. The maximum Gasteiger partial charge on any atom is 0.304 e. The first kappa shape index (κ1) is 14.0. The average molecular weight is 256 g/mol. The largest absolute Gasteiger partial charge is 0.481 e. The Bertz CT molecular complexity index is 381. The lowest BCUT2D eigenvalue weighted by Crippen LogP contribution is -2.33. The number of aliphatic carboxylic acids is 1. The van der Waals surface area contributed by atoms with Crippen LogP contribution >= 0.6 is 11.6 Å². The van der Waals surface area contributed by atoms with Gasteiger partial charge in [-0.3, -0.25) is 4.79 Å². The SMILES string of the molecule is CCC(Cc1ccccc1Cl)C(N)CC(=O)O. The van der Waals surface area contributed by atoms with Crippen LogP contribution in [0.4, 0.5) is 0 Å². The number of halogens is 1. The third kappa shape index (κ3) is 4.36. The molecule has 2 unspecified atom stereocenters. The molecule has 0 aromatic heterocycles. The maximum atomic E-state index is 10.6. The number of carboxylic acid groups (broad SMARTS) is 1. The minimum Gasteiger partial charge on any atom is -0.481 e. The molecular formula is C13H18ClNO2. The monoisotopic (exact) mass is 255 g/mol. The summed E-state index contributed by atoms with van der Waals surface area (Å²) in [5.41, 5.74) is 6.93. The van der Waals surface area contributed by atoms with Crippen molar-refractivity contribution in [2.24, 2.45) is 11.7 Å². The van der Waals surface area contributed by atoms with E-state index in [-0.39, 0.29) is 18.4 Å². The van der Waals surface area contributed by atoms with Crippen molar-refractivity contribution in [2.45, 2.75) is 32.2 Å². The zero-order valence-electron chi connectivity index (χ0n) is 9.90. The zero-order chi connectivity index (χ0) is 12.8. The molecule has 0 saturated carbocycles. The Morgan fingerprint density at radius 1 is 1.47 bits per heavy atom. The van der Waals surface area contributed by atoms with Gasteiger partial charge in [-0.05, 0) is 24.0 Å². The fourth-order valence-electron chi connectivity index (χ4n) is 1.91. The van der Waals surface area contributed by atoms with Crippen LogP contribution in [0.2, 0.25) is 5.02 Å². The molecule has 0 aliphatic heterocycles. The van der Waals surface area contributed by atoms with Crippen molar-refractivity contribution in [1.82, 2.24) is 0 Å². The van der Waals surface area contributed by atoms with Gasteiger partial charge in [-0.25, -0.2) is 0 Å². The van der Waals surface area contributed by atoms with Crippen LogP contribution in [0.3, 0.4) is 0 Å². The van der Waals surface area contributed by atoms with Gasteiger partial charge in [0.1, 0.15) is 0 Å². The highest BCUT2D eigenvalue weighted by molar-refractivity contribution is 6.31. The summed E-state index contributed by atoms with van der Waals surface area (Å²) in [6, 6.07) is 7.28. The van der Waals surface area contributed by atoms with Crippen LogP contribution < -0.4 is 5.73 Å². The molecule has 0 saturated heterocycles. The molecule has 3 N–H and O–H groups in total. The second-order valence-electron chi connectivity index (χ2n) is 4.23. The smallest absolute Gasteiger partial charge is 0.304 e. The van der Waals surface area contributed by atoms with Gasteiger partial charge in [-0.1, -0.05) is 43.1 Å². The second kappa shape index (κ2) is 6.62. The molecule has 3 nitrogen and oxygen atoms in total. The molecule has 94 valence electrons. The molecule has 0 spiro atoms. The third-order valence-electron chi connectivity index (χ3n) is 2.98. The van der Waals surface area contributed by atoms with E-state index in [1.807, 2.05) is 31.2 Å². The summed E-state index contributed by atoms with van der Waals surface area (Å²) in [5.74, 6) is -0.707. The lowest BCUT2D eigenvalue weighted by molar-refractivity contribution is -0.137. The molecule has 0 aliphatic rings. The molecule has 0 aliphatic carbocycles. The number of hydrogen-bond donors (Lipinski definition) is 2. The first-order valence-corrected chi connectivity index (χ1v) is 6.13. The number of nitrogens with two attached hydrogens (primary N) is 1. The lowest BCUT2D eigenvalue weighted by atomic mass is 9.89. The summed E-state index contributed by atoms with van der Waals surface area (Å²) in [6.45, 7) is 2.02. The van der Waals surface area contributed by atoms with Crippen molar-refractivity contribution in [2.75, 3.05) is 0 Å². The number of hydrogen-bond acceptors (Lipinski definition) is 2. The van der Waals surface area contributed by atoms with Gasteiger partial charge in [-0.15, -0.1) is 0 Å². The van der Waals surface area contributed by atoms with E-state index in [1.165, 1.54) is 0 Å². The maximum absolute atomic E-state index is 10.6.